The maximum absolute atomic E-state index is 5.79. The van der Waals surface area contributed by atoms with Gasteiger partial charge in [0.05, 0.1) is 7.11 Å². The predicted molar refractivity (Wildman–Crippen MR) is 96.8 cm³/mol. The Morgan fingerprint density at radius 2 is 2.28 bits per heavy atom. The lowest BCUT2D eigenvalue weighted by Gasteiger charge is -2.23. The lowest BCUT2D eigenvalue weighted by atomic mass is 9.99. The molecule has 1 aliphatic rings. The molecule has 2 aromatic rings. The summed E-state index contributed by atoms with van der Waals surface area (Å²) in [6.45, 7) is 9.09. The van der Waals surface area contributed by atoms with E-state index in [1.807, 2.05) is 25.4 Å². The summed E-state index contributed by atoms with van der Waals surface area (Å²) >= 11 is 0. The molecule has 1 aromatic carbocycles. The van der Waals surface area contributed by atoms with Gasteiger partial charge in [-0.15, -0.1) is 10.2 Å². The summed E-state index contributed by atoms with van der Waals surface area (Å²) in [4.78, 5) is 0. The highest BCUT2D eigenvalue weighted by atomic mass is 16.5. The topological polar surface area (TPSA) is 61.2 Å². The highest BCUT2D eigenvalue weighted by molar-refractivity contribution is 5.43. The number of methoxy groups -OCH3 is 1. The van der Waals surface area contributed by atoms with Crippen molar-refractivity contribution >= 4 is 0 Å². The Hall–Kier alpha value is -2.34. The lowest BCUT2D eigenvalue weighted by Crippen LogP contribution is -2.29. The van der Waals surface area contributed by atoms with E-state index in [0.717, 1.165) is 55.4 Å². The standard InChI is InChI=1S/C19H26N4O2/c1-14(2)12-25-18-8-15(4-6-17(18)24-3)9-20-10-16-5-7-19-22-21-13-23(19)11-16/h4,6,8,13,16,20H,1,5,7,9-12H2,2-3H3/t16-/m0/s1. The number of aromatic nitrogens is 3. The van der Waals surface area contributed by atoms with Crippen molar-refractivity contribution < 1.29 is 9.47 Å². The van der Waals surface area contributed by atoms with Crippen molar-refractivity contribution in [1.82, 2.24) is 20.1 Å². The van der Waals surface area contributed by atoms with Crippen molar-refractivity contribution in [1.29, 1.82) is 0 Å². The normalized spacial score (nSPS) is 16.3. The minimum Gasteiger partial charge on any atom is -0.493 e. The van der Waals surface area contributed by atoms with E-state index in [0.29, 0.717) is 12.5 Å². The van der Waals surface area contributed by atoms with Gasteiger partial charge in [-0.3, -0.25) is 0 Å². The lowest BCUT2D eigenvalue weighted by molar-refractivity contribution is 0.319. The van der Waals surface area contributed by atoms with Gasteiger partial charge in [0.25, 0.3) is 0 Å². The second kappa shape index (κ2) is 8.16. The average Bonchev–Trinajstić information content (AvgIpc) is 3.08. The molecule has 6 heteroatoms. The van der Waals surface area contributed by atoms with Gasteiger partial charge in [0.2, 0.25) is 0 Å². The van der Waals surface area contributed by atoms with Gasteiger partial charge in [0.1, 0.15) is 18.8 Å². The molecule has 0 radical (unpaired) electrons. The van der Waals surface area contributed by atoms with Crippen molar-refractivity contribution in [2.24, 2.45) is 5.92 Å². The molecule has 0 amide bonds. The van der Waals surface area contributed by atoms with Crippen molar-refractivity contribution in [3.63, 3.8) is 0 Å². The Labute approximate surface area is 148 Å². The number of nitrogens with zero attached hydrogens (tertiary/aromatic N) is 3. The molecule has 2 heterocycles. The third-order valence-electron chi connectivity index (χ3n) is 4.39. The van der Waals surface area contributed by atoms with Crippen LogP contribution in [0.25, 0.3) is 0 Å². The number of fused-ring (bicyclic) bond motifs is 1. The number of nitrogens with one attached hydrogen (secondary N) is 1. The fourth-order valence-corrected chi connectivity index (χ4v) is 3.06. The first-order valence-corrected chi connectivity index (χ1v) is 8.67. The van der Waals surface area contributed by atoms with Crippen LogP contribution in [-0.4, -0.2) is 35.0 Å². The van der Waals surface area contributed by atoms with Gasteiger partial charge < -0.3 is 19.4 Å². The predicted octanol–water partition coefficient (Wildman–Crippen LogP) is 2.59. The Morgan fingerprint density at radius 3 is 3.08 bits per heavy atom. The molecule has 0 unspecified atom stereocenters. The minimum atomic E-state index is 0.497. The molecule has 0 saturated carbocycles. The second-order valence-electron chi connectivity index (χ2n) is 6.67. The molecule has 0 spiro atoms. The fourth-order valence-electron chi connectivity index (χ4n) is 3.06. The molecule has 0 fully saturated rings. The van der Waals surface area contributed by atoms with Crippen LogP contribution in [-0.2, 0) is 19.5 Å². The smallest absolute Gasteiger partial charge is 0.161 e. The van der Waals surface area contributed by atoms with E-state index in [2.05, 4.69) is 32.7 Å². The number of rotatable bonds is 8. The molecule has 3 rings (SSSR count). The Balaban J connectivity index is 1.52. The zero-order chi connectivity index (χ0) is 17.6. The summed E-state index contributed by atoms with van der Waals surface area (Å²) < 4.78 is 13.3. The summed E-state index contributed by atoms with van der Waals surface area (Å²) in [6.07, 6.45) is 3.99. The van der Waals surface area contributed by atoms with E-state index in [1.54, 1.807) is 7.11 Å². The van der Waals surface area contributed by atoms with E-state index in [4.69, 9.17) is 9.47 Å². The molecule has 25 heavy (non-hydrogen) atoms. The van der Waals surface area contributed by atoms with Gasteiger partial charge in [-0.1, -0.05) is 12.6 Å². The first kappa shape index (κ1) is 17.5. The van der Waals surface area contributed by atoms with Crippen LogP contribution in [0.2, 0.25) is 0 Å². The van der Waals surface area contributed by atoms with E-state index in [-0.39, 0.29) is 0 Å². The van der Waals surface area contributed by atoms with Crippen LogP contribution in [0.5, 0.6) is 11.5 Å². The first-order chi connectivity index (χ1) is 12.2. The summed E-state index contributed by atoms with van der Waals surface area (Å²) in [5, 5.41) is 11.7. The van der Waals surface area contributed by atoms with Crippen molar-refractivity contribution in [3.05, 3.63) is 48.1 Å². The zero-order valence-corrected chi connectivity index (χ0v) is 15.0. The third kappa shape index (κ3) is 4.60. The molecular formula is C19H26N4O2. The monoisotopic (exact) mass is 342 g/mol. The van der Waals surface area contributed by atoms with E-state index in [1.165, 1.54) is 5.56 Å². The molecule has 0 aliphatic carbocycles. The summed E-state index contributed by atoms with van der Waals surface area (Å²) in [7, 11) is 1.66. The minimum absolute atomic E-state index is 0.497. The zero-order valence-electron chi connectivity index (χ0n) is 15.0. The summed E-state index contributed by atoms with van der Waals surface area (Å²) in [6, 6.07) is 6.06. The maximum atomic E-state index is 5.79. The summed E-state index contributed by atoms with van der Waals surface area (Å²) in [5.74, 6) is 3.22. The number of benzene rings is 1. The largest absolute Gasteiger partial charge is 0.493 e. The molecule has 6 nitrogen and oxygen atoms in total. The van der Waals surface area contributed by atoms with Gasteiger partial charge in [-0.25, -0.2) is 0 Å². The average molecular weight is 342 g/mol. The number of ether oxygens (including phenoxy) is 2. The van der Waals surface area contributed by atoms with Gasteiger partial charge in [-0.05, 0) is 49.1 Å². The molecule has 134 valence electrons. The summed E-state index contributed by atoms with van der Waals surface area (Å²) in [5.41, 5.74) is 2.16. The first-order valence-electron chi connectivity index (χ1n) is 8.67. The van der Waals surface area contributed by atoms with Crippen LogP contribution in [0.15, 0.2) is 36.7 Å². The van der Waals surface area contributed by atoms with Crippen molar-refractivity contribution in [2.45, 2.75) is 32.9 Å². The van der Waals surface area contributed by atoms with Crippen molar-refractivity contribution in [3.8, 4) is 11.5 Å². The highest BCUT2D eigenvalue weighted by Crippen LogP contribution is 2.28. The fraction of sp³-hybridized carbons (Fsp3) is 0.474. The Morgan fingerprint density at radius 1 is 1.40 bits per heavy atom. The third-order valence-corrected chi connectivity index (χ3v) is 4.39. The van der Waals surface area contributed by atoms with Crippen LogP contribution < -0.4 is 14.8 Å². The van der Waals surface area contributed by atoms with Crippen molar-refractivity contribution in [2.75, 3.05) is 20.3 Å². The van der Waals surface area contributed by atoms with E-state index in [9.17, 15) is 0 Å². The molecule has 1 aromatic heterocycles. The molecule has 1 aliphatic heterocycles. The number of aryl methyl sites for hydroxylation is 1. The molecule has 1 atom stereocenters. The van der Waals surface area contributed by atoms with Gasteiger partial charge >= 0.3 is 0 Å². The number of hydrogen-bond donors (Lipinski definition) is 1. The molecule has 1 N–H and O–H groups in total. The maximum Gasteiger partial charge on any atom is 0.161 e. The van der Waals surface area contributed by atoms with Gasteiger partial charge in [0, 0.05) is 19.5 Å². The quantitative estimate of drug-likeness (QED) is 0.747. The van der Waals surface area contributed by atoms with Crippen LogP contribution in [0.4, 0.5) is 0 Å². The Bertz CT molecular complexity index is 726. The van der Waals surface area contributed by atoms with Gasteiger partial charge in [0.15, 0.2) is 11.5 Å². The van der Waals surface area contributed by atoms with E-state index < -0.39 is 0 Å². The van der Waals surface area contributed by atoms with Crippen LogP contribution in [0, 0.1) is 5.92 Å². The molecular weight excluding hydrogens is 316 g/mol. The number of hydrogen-bond acceptors (Lipinski definition) is 5. The van der Waals surface area contributed by atoms with Crippen LogP contribution in [0.3, 0.4) is 0 Å². The van der Waals surface area contributed by atoms with Gasteiger partial charge in [-0.2, -0.15) is 0 Å². The SMILES string of the molecule is C=C(C)COc1cc(CNC[C@@H]2CCc3nncn3C2)ccc1OC. The van der Waals surface area contributed by atoms with E-state index >= 15 is 0 Å². The molecule has 0 saturated heterocycles. The second-order valence-corrected chi connectivity index (χ2v) is 6.67. The highest BCUT2D eigenvalue weighted by Gasteiger charge is 2.19. The van der Waals surface area contributed by atoms with Crippen LogP contribution in [0.1, 0.15) is 24.7 Å². The van der Waals surface area contributed by atoms with Crippen LogP contribution >= 0.6 is 0 Å². The Kier molecular flexibility index (Phi) is 5.71. The molecule has 0 bridgehead atoms.